The Labute approximate surface area is 144 Å². The fourth-order valence-corrected chi connectivity index (χ4v) is 4.00. The van der Waals surface area contributed by atoms with Crippen LogP contribution in [0.3, 0.4) is 0 Å². The molecule has 0 aliphatic heterocycles. The summed E-state index contributed by atoms with van der Waals surface area (Å²) in [5.41, 5.74) is 1.98. The van der Waals surface area contributed by atoms with Crippen molar-refractivity contribution >= 4 is 49.8 Å². The number of sulfonamides is 1. The first-order valence-corrected chi connectivity index (χ1v) is 8.95. The normalized spacial score (nSPS) is 11.6. The molecule has 3 aromatic rings. The number of fused-ring (bicyclic) bond motifs is 1. The molecule has 0 radical (unpaired) electrons. The summed E-state index contributed by atoms with van der Waals surface area (Å²) in [5.74, 6) is 0. The fourth-order valence-electron chi connectivity index (χ4n) is 2.18. The minimum Gasteiger partial charge on any atom is -0.280 e. The van der Waals surface area contributed by atoms with Crippen molar-refractivity contribution in [1.29, 1.82) is 0 Å². The second-order valence-electron chi connectivity index (χ2n) is 5.02. The minimum absolute atomic E-state index is 0.00331. The van der Waals surface area contributed by atoms with Crippen LogP contribution in [0.25, 0.3) is 10.9 Å². The Balaban J connectivity index is 2.02. The van der Waals surface area contributed by atoms with Crippen molar-refractivity contribution in [3.63, 3.8) is 0 Å². The number of anilines is 1. The third-order valence-electron chi connectivity index (χ3n) is 3.29. The van der Waals surface area contributed by atoms with Gasteiger partial charge in [0, 0.05) is 11.1 Å². The van der Waals surface area contributed by atoms with E-state index in [2.05, 4.69) is 9.71 Å². The zero-order valence-corrected chi connectivity index (χ0v) is 14.4. The van der Waals surface area contributed by atoms with Crippen LogP contribution < -0.4 is 4.72 Å². The lowest BCUT2D eigenvalue weighted by molar-refractivity contribution is 0.601. The van der Waals surface area contributed by atoms with Crippen LogP contribution in [0.2, 0.25) is 10.0 Å². The van der Waals surface area contributed by atoms with E-state index in [1.165, 1.54) is 18.2 Å². The highest BCUT2D eigenvalue weighted by Crippen LogP contribution is 2.30. The van der Waals surface area contributed by atoms with E-state index in [0.29, 0.717) is 11.2 Å². The molecule has 7 heteroatoms. The summed E-state index contributed by atoms with van der Waals surface area (Å²) in [6.07, 6.45) is 0. The fraction of sp³-hybridized carbons (Fsp3) is 0.0625. The molecule has 0 bridgehead atoms. The maximum atomic E-state index is 12.5. The number of benzene rings is 2. The van der Waals surface area contributed by atoms with Gasteiger partial charge >= 0.3 is 0 Å². The standard InChI is InChI=1S/C16H12Cl2N2O2S/c1-10-5-6-11-7-8-12(9-14(11)19-10)20-23(21,22)15-4-2-3-13(17)16(15)18/h2-9,20H,1H3. The summed E-state index contributed by atoms with van der Waals surface area (Å²) in [5, 5.41) is 1.11. The van der Waals surface area contributed by atoms with Crippen molar-refractivity contribution in [3.8, 4) is 0 Å². The number of aryl methyl sites for hydroxylation is 1. The van der Waals surface area contributed by atoms with Crippen LogP contribution in [-0.2, 0) is 10.0 Å². The van der Waals surface area contributed by atoms with Gasteiger partial charge in [-0.3, -0.25) is 9.71 Å². The van der Waals surface area contributed by atoms with Gasteiger partial charge in [-0.15, -0.1) is 0 Å². The van der Waals surface area contributed by atoms with E-state index in [1.54, 1.807) is 18.2 Å². The monoisotopic (exact) mass is 366 g/mol. The average molecular weight is 367 g/mol. The lowest BCUT2D eigenvalue weighted by Gasteiger charge is -2.11. The topological polar surface area (TPSA) is 59.1 Å². The van der Waals surface area contributed by atoms with Crippen molar-refractivity contribution < 1.29 is 8.42 Å². The molecule has 118 valence electrons. The van der Waals surface area contributed by atoms with Gasteiger partial charge in [-0.25, -0.2) is 8.42 Å². The molecule has 0 aliphatic rings. The number of nitrogens with zero attached hydrogens (tertiary/aromatic N) is 1. The number of pyridine rings is 1. The molecule has 3 rings (SSSR count). The van der Waals surface area contributed by atoms with Gasteiger partial charge in [-0.2, -0.15) is 0 Å². The minimum atomic E-state index is -3.84. The number of halogens is 2. The van der Waals surface area contributed by atoms with E-state index < -0.39 is 10.0 Å². The molecule has 0 saturated carbocycles. The Hall–Kier alpha value is -1.82. The second kappa shape index (κ2) is 6.00. The smallest absolute Gasteiger partial charge is 0.263 e. The van der Waals surface area contributed by atoms with Gasteiger partial charge in [0.15, 0.2) is 0 Å². The molecule has 0 saturated heterocycles. The molecule has 2 aromatic carbocycles. The van der Waals surface area contributed by atoms with Crippen LogP contribution in [0.15, 0.2) is 53.4 Å². The lowest BCUT2D eigenvalue weighted by atomic mass is 10.2. The number of hydrogen-bond donors (Lipinski definition) is 1. The highest BCUT2D eigenvalue weighted by Gasteiger charge is 2.19. The summed E-state index contributed by atoms with van der Waals surface area (Å²) in [7, 11) is -3.84. The van der Waals surface area contributed by atoms with Crippen molar-refractivity contribution in [1.82, 2.24) is 4.98 Å². The van der Waals surface area contributed by atoms with Gasteiger partial charge < -0.3 is 0 Å². The van der Waals surface area contributed by atoms with E-state index in [0.717, 1.165) is 11.1 Å². The third kappa shape index (κ3) is 3.27. The molecule has 0 spiro atoms. The van der Waals surface area contributed by atoms with E-state index in [9.17, 15) is 8.42 Å². The maximum absolute atomic E-state index is 12.5. The first kappa shape index (κ1) is 16.1. The second-order valence-corrected chi connectivity index (χ2v) is 7.45. The largest absolute Gasteiger partial charge is 0.280 e. The van der Waals surface area contributed by atoms with Gasteiger partial charge in [0.25, 0.3) is 10.0 Å². The highest BCUT2D eigenvalue weighted by atomic mass is 35.5. The summed E-state index contributed by atoms with van der Waals surface area (Å²) in [6.45, 7) is 1.88. The number of hydrogen-bond acceptors (Lipinski definition) is 3. The Morgan fingerprint density at radius 3 is 2.57 bits per heavy atom. The third-order valence-corrected chi connectivity index (χ3v) is 5.64. The van der Waals surface area contributed by atoms with Gasteiger partial charge in [0.05, 0.1) is 21.2 Å². The van der Waals surface area contributed by atoms with Crippen LogP contribution in [0.4, 0.5) is 5.69 Å². The molecule has 4 nitrogen and oxygen atoms in total. The van der Waals surface area contributed by atoms with E-state index in [4.69, 9.17) is 23.2 Å². The first-order valence-electron chi connectivity index (χ1n) is 6.71. The number of aromatic nitrogens is 1. The molecule has 0 amide bonds. The molecular formula is C16H12Cl2N2O2S. The van der Waals surface area contributed by atoms with Crippen LogP contribution >= 0.6 is 23.2 Å². The Morgan fingerprint density at radius 2 is 1.78 bits per heavy atom. The Morgan fingerprint density at radius 1 is 1.04 bits per heavy atom. The first-order chi connectivity index (χ1) is 10.9. The molecular weight excluding hydrogens is 355 g/mol. The van der Waals surface area contributed by atoms with Crippen molar-refractivity contribution in [2.45, 2.75) is 11.8 Å². The molecule has 0 atom stereocenters. The van der Waals surface area contributed by atoms with Gasteiger partial charge in [0.1, 0.15) is 4.90 Å². The predicted molar refractivity (Wildman–Crippen MR) is 93.8 cm³/mol. The summed E-state index contributed by atoms with van der Waals surface area (Å²) in [6, 6.07) is 13.5. The highest BCUT2D eigenvalue weighted by molar-refractivity contribution is 7.92. The zero-order chi connectivity index (χ0) is 16.6. The van der Waals surface area contributed by atoms with Crippen LogP contribution in [0.1, 0.15) is 5.69 Å². The SMILES string of the molecule is Cc1ccc2ccc(NS(=O)(=O)c3cccc(Cl)c3Cl)cc2n1. The van der Waals surface area contributed by atoms with E-state index in [1.807, 2.05) is 19.1 Å². The van der Waals surface area contributed by atoms with Crippen LogP contribution in [0.5, 0.6) is 0 Å². The molecule has 0 unspecified atom stereocenters. The Kier molecular flexibility index (Phi) is 4.19. The number of rotatable bonds is 3. The predicted octanol–water partition coefficient (Wildman–Crippen LogP) is 4.65. The Bertz CT molecular complexity index is 1000. The quantitative estimate of drug-likeness (QED) is 0.733. The molecule has 1 aromatic heterocycles. The lowest BCUT2D eigenvalue weighted by Crippen LogP contribution is -2.13. The average Bonchev–Trinajstić information content (AvgIpc) is 2.49. The van der Waals surface area contributed by atoms with Crippen LogP contribution in [0, 0.1) is 6.92 Å². The summed E-state index contributed by atoms with van der Waals surface area (Å²) < 4.78 is 27.5. The van der Waals surface area contributed by atoms with Crippen LogP contribution in [-0.4, -0.2) is 13.4 Å². The van der Waals surface area contributed by atoms with Gasteiger partial charge in [-0.05, 0) is 37.3 Å². The maximum Gasteiger partial charge on any atom is 0.263 e. The molecule has 1 heterocycles. The van der Waals surface area contributed by atoms with Crippen molar-refractivity contribution in [2.75, 3.05) is 4.72 Å². The summed E-state index contributed by atoms with van der Waals surface area (Å²) in [4.78, 5) is 4.32. The van der Waals surface area contributed by atoms with Crippen molar-refractivity contribution in [2.24, 2.45) is 0 Å². The molecule has 23 heavy (non-hydrogen) atoms. The molecule has 1 N–H and O–H groups in total. The van der Waals surface area contributed by atoms with Gasteiger partial charge in [-0.1, -0.05) is 41.4 Å². The zero-order valence-electron chi connectivity index (χ0n) is 12.0. The molecule has 0 fully saturated rings. The summed E-state index contributed by atoms with van der Waals surface area (Å²) >= 11 is 11.9. The van der Waals surface area contributed by atoms with E-state index >= 15 is 0 Å². The van der Waals surface area contributed by atoms with Crippen molar-refractivity contribution in [3.05, 3.63) is 64.3 Å². The van der Waals surface area contributed by atoms with E-state index in [-0.39, 0.29) is 14.9 Å². The number of nitrogens with one attached hydrogen (secondary N) is 1. The molecule has 0 aliphatic carbocycles. The van der Waals surface area contributed by atoms with Gasteiger partial charge in [0.2, 0.25) is 0 Å².